The first kappa shape index (κ1) is 14.7. The number of aliphatic carboxylic acids is 1. The van der Waals surface area contributed by atoms with E-state index in [-0.39, 0.29) is 11.8 Å². The average Bonchev–Trinajstić information content (AvgIpc) is 2.41. The van der Waals surface area contributed by atoms with Crippen molar-refractivity contribution in [3.8, 4) is 11.5 Å². The van der Waals surface area contributed by atoms with Gasteiger partial charge in [-0.1, -0.05) is 6.92 Å². The van der Waals surface area contributed by atoms with Gasteiger partial charge in [0, 0.05) is 25.2 Å². The molecule has 1 unspecified atom stereocenters. The summed E-state index contributed by atoms with van der Waals surface area (Å²) >= 11 is 0. The molecule has 1 aromatic carbocycles. The van der Waals surface area contributed by atoms with Crippen LogP contribution in [-0.4, -0.2) is 43.3 Å². The monoisotopic (exact) mass is 279 g/mol. The third-order valence-corrected chi connectivity index (χ3v) is 3.96. The first-order valence-electron chi connectivity index (χ1n) is 6.71. The number of rotatable bonds is 6. The second-order valence-corrected chi connectivity index (χ2v) is 5.26. The van der Waals surface area contributed by atoms with E-state index in [0.717, 1.165) is 36.7 Å². The number of carboxylic acids is 1. The lowest BCUT2D eigenvalue weighted by Gasteiger charge is -2.41. The molecule has 0 aliphatic carbocycles. The molecule has 2 rings (SSSR count). The van der Waals surface area contributed by atoms with Crippen molar-refractivity contribution in [2.45, 2.75) is 13.5 Å². The summed E-state index contributed by atoms with van der Waals surface area (Å²) in [6, 6.07) is 5.73. The number of benzene rings is 1. The van der Waals surface area contributed by atoms with Crippen LogP contribution in [0.15, 0.2) is 18.2 Å². The molecule has 1 heterocycles. The van der Waals surface area contributed by atoms with E-state index >= 15 is 0 Å². The molecule has 20 heavy (non-hydrogen) atoms. The molecule has 1 aromatic rings. The molecule has 1 N–H and O–H groups in total. The minimum absolute atomic E-state index is 0.240. The van der Waals surface area contributed by atoms with Gasteiger partial charge in [0.25, 0.3) is 0 Å². The van der Waals surface area contributed by atoms with Crippen molar-refractivity contribution in [1.29, 1.82) is 0 Å². The quantitative estimate of drug-likeness (QED) is 0.861. The second kappa shape index (κ2) is 6.13. The molecule has 0 bridgehead atoms. The number of methoxy groups -OCH3 is 2. The highest BCUT2D eigenvalue weighted by molar-refractivity contribution is 5.70. The van der Waals surface area contributed by atoms with E-state index < -0.39 is 5.97 Å². The van der Waals surface area contributed by atoms with Gasteiger partial charge >= 0.3 is 5.97 Å². The van der Waals surface area contributed by atoms with Gasteiger partial charge in [-0.05, 0) is 24.1 Å². The smallest absolute Gasteiger partial charge is 0.306 e. The highest BCUT2D eigenvalue weighted by Gasteiger charge is 2.34. The lowest BCUT2D eigenvalue weighted by atomic mass is 9.87. The lowest BCUT2D eigenvalue weighted by Crippen LogP contribution is -2.50. The van der Waals surface area contributed by atoms with Crippen LogP contribution >= 0.6 is 0 Å². The Balaban J connectivity index is 1.97. The number of hydrogen-bond acceptors (Lipinski definition) is 4. The standard InChI is InChI=1S/C15H21NO4/c1-10(15(17)18)12-8-16(9-12)7-11-6-13(19-2)4-5-14(11)20-3/h4-6,10,12H,7-9H2,1-3H3,(H,17,18). The summed E-state index contributed by atoms with van der Waals surface area (Å²) in [6.07, 6.45) is 0. The summed E-state index contributed by atoms with van der Waals surface area (Å²) in [4.78, 5) is 13.2. The Morgan fingerprint density at radius 2 is 2.10 bits per heavy atom. The van der Waals surface area contributed by atoms with Gasteiger partial charge in [0.05, 0.1) is 20.1 Å². The summed E-state index contributed by atoms with van der Waals surface area (Å²) in [5.74, 6) is 0.883. The molecule has 0 aromatic heterocycles. The van der Waals surface area contributed by atoms with E-state index in [1.165, 1.54) is 0 Å². The van der Waals surface area contributed by atoms with Gasteiger partial charge in [-0.15, -0.1) is 0 Å². The zero-order valence-electron chi connectivity index (χ0n) is 12.1. The van der Waals surface area contributed by atoms with Gasteiger partial charge in [-0.3, -0.25) is 9.69 Å². The van der Waals surface area contributed by atoms with Crippen molar-refractivity contribution in [2.75, 3.05) is 27.3 Å². The molecule has 1 aliphatic heterocycles. The van der Waals surface area contributed by atoms with E-state index in [4.69, 9.17) is 14.6 Å². The maximum absolute atomic E-state index is 10.9. The van der Waals surface area contributed by atoms with Gasteiger partial charge in [0.2, 0.25) is 0 Å². The van der Waals surface area contributed by atoms with Gasteiger partial charge in [-0.25, -0.2) is 0 Å². The third kappa shape index (κ3) is 3.04. The number of hydrogen-bond donors (Lipinski definition) is 1. The number of carbonyl (C=O) groups is 1. The Kier molecular flexibility index (Phi) is 4.49. The Labute approximate surface area is 119 Å². The number of likely N-dealkylation sites (tertiary alicyclic amines) is 1. The predicted molar refractivity (Wildman–Crippen MR) is 75.1 cm³/mol. The molecular formula is C15H21NO4. The van der Waals surface area contributed by atoms with Crippen molar-refractivity contribution in [3.05, 3.63) is 23.8 Å². The first-order chi connectivity index (χ1) is 9.55. The molecule has 0 saturated carbocycles. The van der Waals surface area contributed by atoms with Crippen molar-refractivity contribution in [3.63, 3.8) is 0 Å². The topological polar surface area (TPSA) is 59.0 Å². The van der Waals surface area contributed by atoms with Gasteiger partial charge in [-0.2, -0.15) is 0 Å². The van der Waals surface area contributed by atoms with E-state index in [1.54, 1.807) is 21.1 Å². The SMILES string of the molecule is COc1ccc(OC)c(CN2CC(C(C)C(=O)O)C2)c1. The van der Waals surface area contributed by atoms with E-state index in [1.807, 2.05) is 18.2 Å². The zero-order valence-corrected chi connectivity index (χ0v) is 12.1. The van der Waals surface area contributed by atoms with E-state index in [0.29, 0.717) is 0 Å². The molecular weight excluding hydrogens is 258 g/mol. The second-order valence-electron chi connectivity index (χ2n) is 5.26. The van der Waals surface area contributed by atoms with E-state index in [2.05, 4.69) is 4.90 Å². The van der Waals surface area contributed by atoms with Gasteiger partial charge < -0.3 is 14.6 Å². The average molecular weight is 279 g/mol. The predicted octanol–water partition coefficient (Wildman–Crippen LogP) is 1.86. The van der Waals surface area contributed by atoms with E-state index in [9.17, 15) is 4.79 Å². The molecule has 1 saturated heterocycles. The largest absolute Gasteiger partial charge is 0.497 e. The van der Waals surface area contributed by atoms with Crippen LogP contribution in [0, 0.1) is 11.8 Å². The van der Waals surface area contributed by atoms with Crippen molar-refractivity contribution in [1.82, 2.24) is 4.90 Å². The van der Waals surface area contributed by atoms with Crippen molar-refractivity contribution in [2.24, 2.45) is 11.8 Å². The third-order valence-electron chi connectivity index (χ3n) is 3.96. The summed E-state index contributed by atoms with van der Waals surface area (Å²) < 4.78 is 10.6. The van der Waals surface area contributed by atoms with Crippen molar-refractivity contribution >= 4 is 5.97 Å². The van der Waals surface area contributed by atoms with Gasteiger partial charge in [0.15, 0.2) is 0 Å². The summed E-state index contributed by atoms with van der Waals surface area (Å²) in [7, 11) is 3.29. The highest BCUT2D eigenvalue weighted by Crippen LogP contribution is 2.30. The molecule has 5 heteroatoms. The Morgan fingerprint density at radius 1 is 1.40 bits per heavy atom. The first-order valence-corrected chi connectivity index (χ1v) is 6.71. The fourth-order valence-electron chi connectivity index (χ4n) is 2.50. The minimum Gasteiger partial charge on any atom is -0.497 e. The van der Waals surface area contributed by atoms with Crippen LogP contribution in [-0.2, 0) is 11.3 Å². The van der Waals surface area contributed by atoms with Crippen molar-refractivity contribution < 1.29 is 19.4 Å². The van der Waals surface area contributed by atoms with Crippen LogP contribution in [0.2, 0.25) is 0 Å². The van der Waals surface area contributed by atoms with Crippen LogP contribution in [0.1, 0.15) is 12.5 Å². The summed E-state index contributed by atoms with van der Waals surface area (Å²) in [5.41, 5.74) is 1.06. The van der Waals surface area contributed by atoms with Crippen LogP contribution in [0.5, 0.6) is 11.5 Å². The van der Waals surface area contributed by atoms with Crippen LogP contribution in [0.25, 0.3) is 0 Å². The maximum Gasteiger partial charge on any atom is 0.306 e. The highest BCUT2D eigenvalue weighted by atomic mass is 16.5. The molecule has 5 nitrogen and oxygen atoms in total. The van der Waals surface area contributed by atoms with Crippen LogP contribution < -0.4 is 9.47 Å². The molecule has 1 fully saturated rings. The lowest BCUT2D eigenvalue weighted by molar-refractivity contribution is -0.145. The summed E-state index contributed by atoms with van der Waals surface area (Å²) in [6.45, 7) is 4.15. The number of carboxylic acid groups (broad SMARTS) is 1. The number of nitrogens with zero attached hydrogens (tertiary/aromatic N) is 1. The van der Waals surface area contributed by atoms with Crippen LogP contribution in [0.3, 0.4) is 0 Å². The Hall–Kier alpha value is -1.75. The van der Waals surface area contributed by atoms with Gasteiger partial charge in [0.1, 0.15) is 11.5 Å². The molecule has 1 atom stereocenters. The summed E-state index contributed by atoms with van der Waals surface area (Å²) in [5, 5.41) is 8.99. The maximum atomic E-state index is 10.9. The molecule has 0 amide bonds. The molecule has 110 valence electrons. The Morgan fingerprint density at radius 3 is 2.65 bits per heavy atom. The normalized spacial score (nSPS) is 17.4. The van der Waals surface area contributed by atoms with Crippen LogP contribution in [0.4, 0.5) is 0 Å². The zero-order chi connectivity index (χ0) is 14.7. The fraction of sp³-hybridized carbons (Fsp3) is 0.533. The fourth-order valence-corrected chi connectivity index (χ4v) is 2.50. The number of ether oxygens (including phenoxy) is 2. The molecule has 1 aliphatic rings. The minimum atomic E-state index is -0.714. The molecule has 0 radical (unpaired) electrons. The molecule has 0 spiro atoms. The Bertz CT molecular complexity index is 483.